The highest BCUT2D eigenvalue weighted by atomic mass is 16.6. The van der Waals surface area contributed by atoms with Gasteiger partial charge in [0.25, 0.3) is 0 Å². The summed E-state index contributed by atoms with van der Waals surface area (Å²) in [6, 6.07) is 0. The molecule has 0 aromatic rings. The molecular formula is C13H23NO2. The van der Waals surface area contributed by atoms with Crippen molar-refractivity contribution in [3.05, 3.63) is 11.6 Å². The Morgan fingerprint density at radius 2 is 2.06 bits per heavy atom. The summed E-state index contributed by atoms with van der Waals surface area (Å²) in [5.41, 5.74) is 1.38. The Morgan fingerprint density at radius 3 is 2.62 bits per heavy atom. The number of hydrogen-bond donors (Lipinski definition) is 0. The first-order valence-electron chi connectivity index (χ1n) is 6.14. The van der Waals surface area contributed by atoms with Crippen LogP contribution in [0.2, 0.25) is 0 Å². The molecule has 1 amide bonds. The minimum absolute atomic E-state index is 0.142. The number of ether oxygens (including phenoxy) is 1. The van der Waals surface area contributed by atoms with E-state index in [1.54, 1.807) is 4.90 Å². The molecule has 1 aliphatic rings. The fourth-order valence-electron chi connectivity index (χ4n) is 1.47. The van der Waals surface area contributed by atoms with Gasteiger partial charge >= 0.3 is 6.09 Å². The normalized spacial score (nSPS) is 15.6. The van der Waals surface area contributed by atoms with E-state index in [4.69, 9.17) is 4.74 Å². The van der Waals surface area contributed by atoms with Crippen LogP contribution in [0.1, 0.15) is 40.0 Å². The van der Waals surface area contributed by atoms with Crippen LogP contribution in [0.15, 0.2) is 11.6 Å². The van der Waals surface area contributed by atoms with E-state index in [1.807, 2.05) is 0 Å². The topological polar surface area (TPSA) is 29.3 Å². The van der Waals surface area contributed by atoms with Gasteiger partial charge < -0.3 is 9.64 Å². The van der Waals surface area contributed by atoms with Crippen LogP contribution in [0, 0.1) is 5.92 Å². The van der Waals surface area contributed by atoms with Crippen molar-refractivity contribution >= 4 is 6.09 Å². The molecule has 3 heteroatoms. The molecule has 0 aromatic carbocycles. The maximum absolute atomic E-state index is 11.2. The number of nitrogens with zero attached hydrogens (tertiary/aromatic N) is 1. The average Bonchev–Trinajstić information content (AvgIpc) is 2.99. The monoisotopic (exact) mass is 225 g/mol. The molecule has 16 heavy (non-hydrogen) atoms. The zero-order valence-electron chi connectivity index (χ0n) is 10.7. The van der Waals surface area contributed by atoms with E-state index in [-0.39, 0.29) is 6.09 Å². The van der Waals surface area contributed by atoms with E-state index in [9.17, 15) is 4.79 Å². The predicted octanol–water partition coefficient (Wildman–Crippen LogP) is 3.21. The molecular weight excluding hydrogens is 202 g/mol. The molecule has 0 bridgehead atoms. The molecule has 1 aliphatic heterocycles. The Hall–Kier alpha value is -0.990. The molecule has 0 unspecified atom stereocenters. The van der Waals surface area contributed by atoms with Crippen LogP contribution in [0.4, 0.5) is 4.79 Å². The Kier molecular flexibility index (Phi) is 5.36. The van der Waals surface area contributed by atoms with Crippen molar-refractivity contribution in [2.75, 3.05) is 19.7 Å². The molecule has 1 rings (SSSR count). The number of rotatable bonds is 6. The molecule has 0 spiro atoms. The average molecular weight is 225 g/mol. The van der Waals surface area contributed by atoms with Crippen LogP contribution in [0.5, 0.6) is 0 Å². The van der Waals surface area contributed by atoms with Crippen molar-refractivity contribution < 1.29 is 9.53 Å². The minimum atomic E-state index is -0.142. The third-order valence-electron chi connectivity index (χ3n) is 2.75. The Balaban J connectivity index is 1.98. The Morgan fingerprint density at radius 1 is 1.38 bits per heavy atom. The van der Waals surface area contributed by atoms with Gasteiger partial charge in [0.2, 0.25) is 0 Å². The second-order valence-electron chi connectivity index (χ2n) is 4.85. The lowest BCUT2D eigenvalue weighted by Crippen LogP contribution is -2.14. The lowest BCUT2D eigenvalue weighted by molar-refractivity contribution is 0.125. The summed E-state index contributed by atoms with van der Waals surface area (Å²) in [7, 11) is 0. The molecule has 0 aliphatic carbocycles. The smallest absolute Gasteiger partial charge is 0.409 e. The third kappa shape index (κ3) is 5.79. The summed E-state index contributed by atoms with van der Waals surface area (Å²) in [6.07, 6.45) is 5.39. The number of carbonyl (C=O) groups excluding carboxylic acids is 1. The summed E-state index contributed by atoms with van der Waals surface area (Å²) in [5, 5.41) is 0. The summed E-state index contributed by atoms with van der Waals surface area (Å²) in [4.78, 5) is 12.9. The molecule has 92 valence electrons. The van der Waals surface area contributed by atoms with Crippen LogP contribution in [0.25, 0.3) is 0 Å². The molecule has 0 radical (unpaired) electrons. The highest BCUT2D eigenvalue weighted by molar-refractivity contribution is 5.69. The largest absolute Gasteiger partial charge is 0.449 e. The lowest BCUT2D eigenvalue weighted by atomic mass is 10.0. The molecule has 1 atom stereocenters. The zero-order chi connectivity index (χ0) is 12.0. The first-order chi connectivity index (χ1) is 7.59. The van der Waals surface area contributed by atoms with Crippen molar-refractivity contribution in [2.45, 2.75) is 40.0 Å². The summed E-state index contributed by atoms with van der Waals surface area (Å²) >= 11 is 0. The van der Waals surface area contributed by atoms with Gasteiger partial charge in [0.1, 0.15) is 0 Å². The summed E-state index contributed by atoms with van der Waals surface area (Å²) in [6.45, 7) is 8.76. The quantitative estimate of drug-likeness (QED) is 0.513. The Bertz CT molecular complexity index is 253. The number of hydrogen-bond acceptors (Lipinski definition) is 2. The second kappa shape index (κ2) is 6.56. The SMILES string of the molecule is CC(C)=CCC[C@@H](C)CCOC(=O)N1CC1. The standard InChI is InChI=1S/C13H23NO2/c1-11(2)5-4-6-12(3)7-10-16-13(15)14-8-9-14/h5,12H,4,6-10H2,1-3H3/t12-/m1/s1. The van der Waals surface area contributed by atoms with Gasteiger partial charge in [-0.3, -0.25) is 0 Å². The summed E-state index contributed by atoms with van der Waals surface area (Å²) in [5.74, 6) is 0.623. The van der Waals surface area contributed by atoms with Gasteiger partial charge in [-0.15, -0.1) is 0 Å². The van der Waals surface area contributed by atoms with Gasteiger partial charge in [0, 0.05) is 13.1 Å². The van der Waals surface area contributed by atoms with Gasteiger partial charge in [-0.05, 0) is 39.0 Å². The van der Waals surface area contributed by atoms with Gasteiger partial charge in [-0.2, -0.15) is 0 Å². The molecule has 0 saturated carbocycles. The molecule has 0 N–H and O–H groups in total. The van der Waals surface area contributed by atoms with Gasteiger partial charge in [-0.25, -0.2) is 4.79 Å². The van der Waals surface area contributed by atoms with Crippen LogP contribution in [-0.4, -0.2) is 30.7 Å². The van der Waals surface area contributed by atoms with E-state index in [0.29, 0.717) is 12.5 Å². The van der Waals surface area contributed by atoms with Crippen molar-refractivity contribution in [2.24, 2.45) is 5.92 Å². The molecule has 1 saturated heterocycles. The number of amides is 1. The lowest BCUT2D eigenvalue weighted by Gasteiger charge is -2.10. The van der Waals surface area contributed by atoms with E-state index >= 15 is 0 Å². The van der Waals surface area contributed by atoms with Crippen molar-refractivity contribution in [3.8, 4) is 0 Å². The minimum Gasteiger partial charge on any atom is -0.449 e. The van der Waals surface area contributed by atoms with Crippen molar-refractivity contribution in [1.82, 2.24) is 4.90 Å². The molecule has 1 fully saturated rings. The van der Waals surface area contributed by atoms with Gasteiger partial charge in [0.15, 0.2) is 0 Å². The third-order valence-corrected chi connectivity index (χ3v) is 2.75. The maximum Gasteiger partial charge on any atom is 0.409 e. The van der Waals surface area contributed by atoms with E-state index in [1.165, 1.54) is 12.0 Å². The Labute approximate surface area is 98.5 Å². The van der Waals surface area contributed by atoms with Gasteiger partial charge in [-0.1, -0.05) is 18.6 Å². The molecule has 3 nitrogen and oxygen atoms in total. The fourth-order valence-corrected chi connectivity index (χ4v) is 1.47. The number of carbonyl (C=O) groups is 1. The number of allylic oxidation sites excluding steroid dienone is 2. The highest BCUT2D eigenvalue weighted by Gasteiger charge is 2.25. The zero-order valence-corrected chi connectivity index (χ0v) is 10.7. The van der Waals surface area contributed by atoms with Crippen LogP contribution < -0.4 is 0 Å². The predicted molar refractivity (Wildman–Crippen MR) is 65.4 cm³/mol. The molecule has 0 aromatic heterocycles. The van der Waals surface area contributed by atoms with Gasteiger partial charge in [0.05, 0.1) is 6.61 Å². The highest BCUT2D eigenvalue weighted by Crippen LogP contribution is 2.13. The first-order valence-corrected chi connectivity index (χ1v) is 6.14. The van der Waals surface area contributed by atoms with Crippen LogP contribution >= 0.6 is 0 Å². The van der Waals surface area contributed by atoms with E-state index in [0.717, 1.165) is 25.9 Å². The first kappa shape index (κ1) is 13.1. The second-order valence-corrected chi connectivity index (χ2v) is 4.85. The van der Waals surface area contributed by atoms with Crippen molar-refractivity contribution in [3.63, 3.8) is 0 Å². The summed E-state index contributed by atoms with van der Waals surface area (Å²) < 4.78 is 5.14. The molecule has 1 heterocycles. The van der Waals surface area contributed by atoms with E-state index in [2.05, 4.69) is 26.8 Å². The van der Waals surface area contributed by atoms with Crippen LogP contribution in [0.3, 0.4) is 0 Å². The maximum atomic E-state index is 11.2. The van der Waals surface area contributed by atoms with Crippen LogP contribution in [-0.2, 0) is 4.74 Å². The van der Waals surface area contributed by atoms with Crippen molar-refractivity contribution in [1.29, 1.82) is 0 Å². The van der Waals surface area contributed by atoms with E-state index < -0.39 is 0 Å². The fraction of sp³-hybridized carbons (Fsp3) is 0.769.